The lowest BCUT2D eigenvalue weighted by Crippen LogP contribution is -1.90. The van der Waals surface area contributed by atoms with Crippen molar-refractivity contribution in [1.82, 2.24) is 9.97 Å². The Kier molecular flexibility index (Phi) is 2.58. The van der Waals surface area contributed by atoms with E-state index in [1.807, 2.05) is 18.2 Å². The Morgan fingerprint density at radius 3 is 2.67 bits per heavy atom. The molecule has 0 fully saturated rings. The van der Waals surface area contributed by atoms with Gasteiger partial charge in [-0.05, 0) is 12.1 Å². The van der Waals surface area contributed by atoms with Crippen LogP contribution in [0.4, 0.5) is 0 Å². The summed E-state index contributed by atoms with van der Waals surface area (Å²) in [5.41, 5.74) is 1.89. The number of nitrogens with zero attached hydrogens (tertiary/aromatic N) is 1. The molecule has 1 N–H and O–H groups in total. The van der Waals surface area contributed by atoms with Crippen LogP contribution < -0.4 is 9.47 Å². The average Bonchev–Trinajstić information content (AvgIpc) is 2.81. The van der Waals surface area contributed by atoms with Crippen LogP contribution in [0.3, 0.4) is 0 Å². The highest BCUT2D eigenvalue weighted by Crippen LogP contribution is 2.31. The van der Waals surface area contributed by atoms with Gasteiger partial charge in [0.1, 0.15) is 11.5 Å². The number of aromatic amines is 1. The summed E-state index contributed by atoms with van der Waals surface area (Å²) in [4.78, 5) is 7.01. The zero-order valence-corrected chi connectivity index (χ0v) is 8.65. The van der Waals surface area contributed by atoms with Crippen molar-refractivity contribution in [3.05, 3.63) is 30.7 Å². The first-order valence-electron chi connectivity index (χ1n) is 4.56. The van der Waals surface area contributed by atoms with Gasteiger partial charge in [0.05, 0.1) is 32.4 Å². The van der Waals surface area contributed by atoms with Crippen LogP contribution in [0.25, 0.3) is 11.3 Å². The summed E-state index contributed by atoms with van der Waals surface area (Å²) < 4.78 is 10.4. The number of imidazole rings is 1. The molecule has 1 aromatic carbocycles. The molecule has 0 aliphatic heterocycles. The Morgan fingerprint density at radius 1 is 1.20 bits per heavy atom. The maximum atomic E-state index is 5.28. The number of aromatic nitrogens is 2. The standard InChI is InChI=1S/C11H12N2O2/c1-14-8-3-4-9(11(5-8)15-2)10-6-12-7-13-10/h3-7H,1-2H3,(H,12,13). The molecule has 0 saturated carbocycles. The van der Waals surface area contributed by atoms with Crippen molar-refractivity contribution in [1.29, 1.82) is 0 Å². The van der Waals surface area contributed by atoms with Crippen LogP contribution in [0.2, 0.25) is 0 Å². The normalized spacial score (nSPS) is 10.0. The molecule has 0 bridgehead atoms. The fourth-order valence-corrected chi connectivity index (χ4v) is 1.42. The first-order valence-corrected chi connectivity index (χ1v) is 4.56. The quantitative estimate of drug-likeness (QED) is 0.832. The van der Waals surface area contributed by atoms with Gasteiger partial charge in [-0.15, -0.1) is 0 Å². The second kappa shape index (κ2) is 4.04. The van der Waals surface area contributed by atoms with Crippen LogP contribution >= 0.6 is 0 Å². The van der Waals surface area contributed by atoms with Gasteiger partial charge in [0.2, 0.25) is 0 Å². The number of nitrogens with one attached hydrogen (secondary N) is 1. The van der Waals surface area contributed by atoms with Crippen LogP contribution in [-0.4, -0.2) is 24.2 Å². The molecule has 0 radical (unpaired) electrons. The Morgan fingerprint density at radius 2 is 2.07 bits per heavy atom. The summed E-state index contributed by atoms with van der Waals surface area (Å²) in [6.45, 7) is 0. The Hall–Kier alpha value is -1.97. The first-order chi connectivity index (χ1) is 7.35. The molecule has 1 aromatic heterocycles. The van der Waals surface area contributed by atoms with E-state index in [1.165, 1.54) is 0 Å². The highest BCUT2D eigenvalue weighted by atomic mass is 16.5. The van der Waals surface area contributed by atoms with Crippen molar-refractivity contribution in [3.63, 3.8) is 0 Å². The molecule has 0 saturated heterocycles. The van der Waals surface area contributed by atoms with Crippen molar-refractivity contribution in [2.45, 2.75) is 0 Å². The molecular weight excluding hydrogens is 192 g/mol. The minimum atomic E-state index is 0.763. The largest absolute Gasteiger partial charge is 0.497 e. The number of benzene rings is 1. The summed E-state index contributed by atoms with van der Waals surface area (Å²) in [6.07, 6.45) is 3.39. The maximum absolute atomic E-state index is 5.28. The Balaban J connectivity index is 2.48. The molecule has 0 spiro atoms. The van der Waals surface area contributed by atoms with Crippen LogP contribution in [-0.2, 0) is 0 Å². The topological polar surface area (TPSA) is 47.1 Å². The van der Waals surface area contributed by atoms with E-state index in [4.69, 9.17) is 9.47 Å². The summed E-state index contributed by atoms with van der Waals surface area (Å²) in [5.74, 6) is 1.54. The van der Waals surface area contributed by atoms with Crippen molar-refractivity contribution in [3.8, 4) is 22.8 Å². The molecule has 2 aromatic rings. The van der Waals surface area contributed by atoms with E-state index in [-0.39, 0.29) is 0 Å². The van der Waals surface area contributed by atoms with Crippen molar-refractivity contribution in [2.75, 3.05) is 14.2 Å². The van der Waals surface area contributed by atoms with Crippen molar-refractivity contribution >= 4 is 0 Å². The number of rotatable bonds is 3. The van der Waals surface area contributed by atoms with Gasteiger partial charge in [-0.3, -0.25) is 0 Å². The van der Waals surface area contributed by atoms with Crippen LogP contribution in [0.5, 0.6) is 11.5 Å². The number of hydrogen-bond donors (Lipinski definition) is 1. The van der Waals surface area contributed by atoms with Gasteiger partial charge < -0.3 is 14.5 Å². The predicted octanol–water partition coefficient (Wildman–Crippen LogP) is 2.09. The summed E-state index contributed by atoms with van der Waals surface area (Å²) in [6, 6.07) is 5.67. The molecule has 0 unspecified atom stereocenters. The van der Waals surface area contributed by atoms with Gasteiger partial charge in [-0.25, -0.2) is 4.98 Å². The molecule has 2 rings (SSSR count). The fourth-order valence-electron chi connectivity index (χ4n) is 1.42. The van der Waals surface area contributed by atoms with Gasteiger partial charge in [-0.2, -0.15) is 0 Å². The molecule has 1 heterocycles. The second-order valence-corrected chi connectivity index (χ2v) is 3.03. The third kappa shape index (κ3) is 1.79. The summed E-state index contributed by atoms with van der Waals surface area (Å²) in [5, 5.41) is 0. The highest BCUT2D eigenvalue weighted by Gasteiger charge is 2.07. The smallest absolute Gasteiger partial charge is 0.131 e. The minimum Gasteiger partial charge on any atom is -0.497 e. The SMILES string of the molecule is COc1ccc(-c2cnc[nH]2)c(OC)c1. The van der Waals surface area contributed by atoms with Gasteiger partial charge in [-0.1, -0.05) is 0 Å². The minimum absolute atomic E-state index is 0.763. The fraction of sp³-hybridized carbons (Fsp3) is 0.182. The van der Waals surface area contributed by atoms with E-state index in [0.717, 1.165) is 22.8 Å². The zero-order chi connectivity index (χ0) is 10.7. The molecule has 4 heteroatoms. The van der Waals surface area contributed by atoms with Crippen molar-refractivity contribution < 1.29 is 9.47 Å². The predicted molar refractivity (Wildman–Crippen MR) is 57.1 cm³/mol. The average molecular weight is 204 g/mol. The molecule has 4 nitrogen and oxygen atoms in total. The third-order valence-electron chi connectivity index (χ3n) is 2.20. The van der Waals surface area contributed by atoms with E-state index in [1.54, 1.807) is 26.7 Å². The maximum Gasteiger partial charge on any atom is 0.131 e. The second-order valence-electron chi connectivity index (χ2n) is 3.03. The number of H-pyrrole nitrogens is 1. The lowest BCUT2D eigenvalue weighted by atomic mass is 10.1. The Bertz CT molecular complexity index is 438. The van der Waals surface area contributed by atoms with E-state index < -0.39 is 0 Å². The summed E-state index contributed by atoms with van der Waals surface area (Å²) in [7, 11) is 3.26. The van der Waals surface area contributed by atoms with Gasteiger partial charge in [0.15, 0.2) is 0 Å². The molecule has 0 amide bonds. The zero-order valence-electron chi connectivity index (χ0n) is 8.65. The number of methoxy groups -OCH3 is 2. The lowest BCUT2D eigenvalue weighted by molar-refractivity contribution is 0.395. The van der Waals surface area contributed by atoms with Crippen LogP contribution in [0.1, 0.15) is 0 Å². The first kappa shape index (κ1) is 9.58. The molecule has 0 atom stereocenters. The molecule has 0 aliphatic carbocycles. The van der Waals surface area contributed by atoms with Crippen molar-refractivity contribution in [2.24, 2.45) is 0 Å². The molecule has 0 aliphatic rings. The monoisotopic (exact) mass is 204 g/mol. The number of hydrogen-bond acceptors (Lipinski definition) is 3. The lowest BCUT2D eigenvalue weighted by Gasteiger charge is -2.08. The summed E-state index contributed by atoms with van der Waals surface area (Å²) >= 11 is 0. The third-order valence-corrected chi connectivity index (χ3v) is 2.20. The molecule has 78 valence electrons. The van der Waals surface area contributed by atoms with E-state index in [2.05, 4.69) is 9.97 Å². The van der Waals surface area contributed by atoms with Gasteiger partial charge in [0, 0.05) is 11.6 Å². The van der Waals surface area contributed by atoms with Crippen LogP contribution in [0, 0.1) is 0 Å². The Labute approximate surface area is 87.9 Å². The van der Waals surface area contributed by atoms with E-state index in [0.29, 0.717) is 0 Å². The highest BCUT2D eigenvalue weighted by molar-refractivity contribution is 5.67. The van der Waals surface area contributed by atoms with Gasteiger partial charge in [0.25, 0.3) is 0 Å². The van der Waals surface area contributed by atoms with E-state index in [9.17, 15) is 0 Å². The molecular formula is C11H12N2O2. The van der Waals surface area contributed by atoms with Gasteiger partial charge >= 0.3 is 0 Å². The molecule has 15 heavy (non-hydrogen) atoms. The van der Waals surface area contributed by atoms with Crippen LogP contribution in [0.15, 0.2) is 30.7 Å². The van der Waals surface area contributed by atoms with E-state index >= 15 is 0 Å². The number of ether oxygens (including phenoxy) is 2.